The Morgan fingerprint density at radius 2 is 1.77 bits per heavy atom. The second kappa shape index (κ2) is 9.38. The van der Waals surface area contributed by atoms with E-state index in [1.807, 2.05) is 42.5 Å². The summed E-state index contributed by atoms with van der Waals surface area (Å²) in [6.45, 7) is 2.76. The molecule has 0 aliphatic carbocycles. The van der Waals surface area contributed by atoms with E-state index in [1.54, 1.807) is 12.0 Å². The summed E-state index contributed by atoms with van der Waals surface area (Å²) in [5, 5.41) is 0. The highest BCUT2D eigenvalue weighted by Gasteiger charge is 2.24. The Bertz CT molecular complexity index is 1090. The van der Waals surface area contributed by atoms with Crippen LogP contribution >= 0.6 is 0 Å². The van der Waals surface area contributed by atoms with Crippen molar-refractivity contribution in [1.29, 1.82) is 0 Å². The Hall–Kier alpha value is -3.74. The molecule has 1 aliphatic rings. The number of carbonyl (C=O) groups excluding carboxylic acids is 1. The Morgan fingerprint density at radius 1 is 1.00 bits per heavy atom. The average Bonchev–Trinajstić information content (AvgIpc) is 2.83. The molecular weight excluding hydrogens is 396 g/mol. The summed E-state index contributed by atoms with van der Waals surface area (Å²) in [7, 11) is 1.59. The van der Waals surface area contributed by atoms with Gasteiger partial charge in [0.1, 0.15) is 18.6 Å². The minimum atomic E-state index is -0.389. The lowest BCUT2D eigenvalue weighted by atomic mass is 10.2. The number of nitrogens with zero attached hydrogens (tertiary/aromatic N) is 2. The van der Waals surface area contributed by atoms with E-state index in [-0.39, 0.29) is 29.5 Å². The van der Waals surface area contributed by atoms with Crippen LogP contribution in [0.3, 0.4) is 0 Å². The van der Waals surface area contributed by atoms with Gasteiger partial charge in [0.25, 0.3) is 5.91 Å². The van der Waals surface area contributed by atoms with Crippen LogP contribution in [0.15, 0.2) is 76.1 Å². The maximum absolute atomic E-state index is 12.8. The van der Waals surface area contributed by atoms with Crippen molar-refractivity contribution in [2.75, 3.05) is 38.2 Å². The van der Waals surface area contributed by atoms with Crippen LogP contribution in [0.25, 0.3) is 0 Å². The number of ether oxygens (including phenoxy) is 2. The number of rotatable bonds is 6. The minimum absolute atomic E-state index is 0.0203. The van der Waals surface area contributed by atoms with Gasteiger partial charge in [-0.3, -0.25) is 9.59 Å². The van der Waals surface area contributed by atoms with Crippen LogP contribution in [0, 0.1) is 0 Å². The Labute approximate surface area is 180 Å². The van der Waals surface area contributed by atoms with Gasteiger partial charge in [-0.1, -0.05) is 30.3 Å². The minimum Gasteiger partial charge on any atom is -0.497 e. The molecule has 0 saturated carbocycles. The van der Waals surface area contributed by atoms with Gasteiger partial charge in [-0.05, 0) is 29.8 Å². The van der Waals surface area contributed by atoms with Crippen LogP contribution in [0.5, 0.6) is 11.5 Å². The molecule has 7 heteroatoms. The second-order valence-corrected chi connectivity index (χ2v) is 7.23. The predicted octanol–water partition coefficient (Wildman–Crippen LogP) is 3.19. The molecule has 1 aliphatic heterocycles. The van der Waals surface area contributed by atoms with Gasteiger partial charge < -0.3 is 23.7 Å². The van der Waals surface area contributed by atoms with Crippen molar-refractivity contribution in [3.05, 3.63) is 88.5 Å². The molecule has 2 aromatic carbocycles. The van der Waals surface area contributed by atoms with Crippen molar-refractivity contribution in [2.24, 2.45) is 0 Å². The van der Waals surface area contributed by atoms with E-state index in [0.29, 0.717) is 18.8 Å². The highest BCUT2D eigenvalue weighted by molar-refractivity contribution is 5.91. The molecule has 4 rings (SSSR count). The van der Waals surface area contributed by atoms with Gasteiger partial charge in [0.15, 0.2) is 5.76 Å². The summed E-state index contributed by atoms with van der Waals surface area (Å²) in [5.41, 5.74) is 1.61. The first-order valence-electron chi connectivity index (χ1n) is 10.1. The molecule has 2 heterocycles. The number of carbonyl (C=O) groups is 1. The summed E-state index contributed by atoms with van der Waals surface area (Å²) < 4.78 is 16.2. The molecule has 1 aromatic heterocycles. The lowest BCUT2D eigenvalue weighted by Gasteiger charge is -2.35. The van der Waals surface area contributed by atoms with Gasteiger partial charge in [-0.25, -0.2) is 0 Å². The van der Waals surface area contributed by atoms with Crippen LogP contribution in [-0.4, -0.2) is 44.1 Å². The number of para-hydroxylation sites is 1. The second-order valence-electron chi connectivity index (χ2n) is 7.23. The fourth-order valence-corrected chi connectivity index (χ4v) is 3.50. The molecule has 7 nitrogen and oxygen atoms in total. The standard InChI is InChI=1S/C24H24N2O5/c1-29-20-9-5-6-18(14-20)16-30-23-17-31-22(15-21(23)27)24(28)26-12-10-25(11-13-26)19-7-3-2-4-8-19/h2-9,14-15,17H,10-13,16H2,1H3. The number of hydrogen-bond donors (Lipinski definition) is 0. The zero-order valence-electron chi connectivity index (χ0n) is 17.3. The largest absolute Gasteiger partial charge is 0.497 e. The summed E-state index contributed by atoms with van der Waals surface area (Å²) >= 11 is 0. The third-order valence-corrected chi connectivity index (χ3v) is 5.23. The van der Waals surface area contributed by atoms with Gasteiger partial charge in [0, 0.05) is 37.9 Å². The molecule has 1 saturated heterocycles. The van der Waals surface area contributed by atoms with E-state index in [1.165, 1.54) is 12.3 Å². The molecule has 0 N–H and O–H groups in total. The number of methoxy groups -OCH3 is 1. The van der Waals surface area contributed by atoms with Crippen LogP contribution in [0.1, 0.15) is 16.1 Å². The van der Waals surface area contributed by atoms with E-state index in [2.05, 4.69) is 17.0 Å². The summed E-state index contributed by atoms with van der Waals surface area (Å²) in [4.78, 5) is 29.1. The third-order valence-electron chi connectivity index (χ3n) is 5.23. The summed E-state index contributed by atoms with van der Waals surface area (Å²) in [6, 6.07) is 18.7. The number of anilines is 1. The van der Waals surface area contributed by atoms with Gasteiger partial charge >= 0.3 is 0 Å². The first-order chi connectivity index (χ1) is 15.1. The summed E-state index contributed by atoms with van der Waals surface area (Å²) in [6.07, 6.45) is 1.20. The first-order valence-corrected chi connectivity index (χ1v) is 10.1. The van der Waals surface area contributed by atoms with Crippen molar-refractivity contribution in [2.45, 2.75) is 6.61 Å². The maximum Gasteiger partial charge on any atom is 0.289 e. The molecule has 0 bridgehead atoms. The number of benzene rings is 2. The zero-order chi connectivity index (χ0) is 21.6. The van der Waals surface area contributed by atoms with E-state index in [0.717, 1.165) is 24.3 Å². The molecule has 31 heavy (non-hydrogen) atoms. The molecule has 0 atom stereocenters. The van der Waals surface area contributed by atoms with E-state index in [4.69, 9.17) is 13.9 Å². The third kappa shape index (κ3) is 4.88. The fourth-order valence-electron chi connectivity index (χ4n) is 3.50. The SMILES string of the molecule is COc1cccc(COc2coc(C(=O)N3CCN(c4ccccc4)CC3)cc2=O)c1. The average molecular weight is 420 g/mol. The zero-order valence-corrected chi connectivity index (χ0v) is 17.3. The van der Waals surface area contributed by atoms with Crippen molar-refractivity contribution in [3.8, 4) is 11.5 Å². The van der Waals surface area contributed by atoms with Gasteiger partial charge in [-0.2, -0.15) is 0 Å². The van der Waals surface area contributed by atoms with Crippen molar-refractivity contribution in [3.63, 3.8) is 0 Å². The molecule has 3 aromatic rings. The van der Waals surface area contributed by atoms with Gasteiger partial charge in [0.05, 0.1) is 7.11 Å². The Morgan fingerprint density at radius 3 is 2.48 bits per heavy atom. The van der Waals surface area contributed by atoms with Gasteiger partial charge in [-0.15, -0.1) is 0 Å². The topological polar surface area (TPSA) is 72.2 Å². The summed E-state index contributed by atoms with van der Waals surface area (Å²) in [5.74, 6) is 0.505. The normalized spacial score (nSPS) is 13.7. The highest BCUT2D eigenvalue weighted by atomic mass is 16.5. The van der Waals surface area contributed by atoms with Crippen LogP contribution in [-0.2, 0) is 6.61 Å². The Kier molecular flexibility index (Phi) is 6.21. The van der Waals surface area contributed by atoms with E-state index in [9.17, 15) is 9.59 Å². The predicted molar refractivity (Wildman–Crippen MR) is 117 cm³/mol. The number of amides is 1. The number of hydrogen-bond acceptors (Lipinski definition) is 6. The molecule has 0 unspecified atom stereocenters. The lowest BCUT2D eigenvalue weighted by molar-refractivity contribution is 0.0711. The van der Waals surface area contributed by atoms with Crippen molar-refractivity contribution < 1.29 is 18.7 Å². The van der Waals surface area contributed by atoms with Crippen LogP contribution in [0.2, 0.25) is 0 Å². The first kappa shape index (κ1) is 20.5. The van der Waals surface area contributed by atoms with Crippen LogP contribution in [0.4, 0.5) is 5.69 Å². The molecule has 0 radical (unpaired) electrons. The monoisotopic (exact) mass is 420 g/mol. The Balaban J connectivity index is 1.36. The molecule has 0 spiro atoms. The number of piperazine rings is 1. The maximum atomic E-state index is 12.8. The van der Waals surface area contributed by atoms with Crippen LogP contribution < -0.4 is 19.8 Å². The van der Waals surface area contributed by atoms with Gasteiger partial charge in [0.2, 0.25) is 11.2 Å². The molecule has 1 amide bonds. The van der Waals surface area contributed by atoms with Crippen molar-refractivity contribution >= 4 is 11.6 Å². The van der Waals surface area contributed by atoms with E-state index >= 15 is 0 Å². The smallest absolute Gasteiger partial charge is 0.289 e. The molecule has 160 valence electrons. The highest BCUT2D eigenvalue weighted by Crippen LogP contribution is 2.18. The fraction of sp³-hybridized carbons (Fsp3) is 0.250. The van der Waals surface area contributed by atoms with Crippen molar-refractivity contribution in [1.82, 2.24) is 4.90 Å². The van der Waals surface area contributed by atoms with E-state index < -0.39 is 0 Å². The molecular formula is C24H24N2O5. The molecule has 1 fully saturated rings. The quantitative estimate of drug-likeness (QED) is 0.610. The lowest BCUT2D eigenvalue weighted by Crippen LogP contribution is -2.48.